The zero-order valence-corrected chi connectivity index (χ0v) is 24.9. The molecule has 10 rings (SSSR count). The van der Waals surface area contributed by atoms with E-state index in [1.54, 1.807) is 0 Å². The molecule has 1 N–H and O–H groups in total. The molecule has 44 heavy (non-hydrogen) atoms. The minimum Gasteiger partial charge on any atom is -0.456 e. The molecule has 0 spiro atoms. The molecule has 1 aliphatic carbocycles. The lowest BCUT2D eigenvalue weighted by molar-refractivity contribution is 0.355. The molecule has 0 bridgehead atoms. The summed E-state index contributed by atoms with van der Waals surface area (Å²) >= 11 is 1.82. The molecule has 0 amide bonds. The summed E-state index contributed by atoms with van der Waals surface area (Å²) in [5, 5.41) is 11.3. The maximum Gasteiger partial charge on any atom is 0.154 e. The molecule has 2 unspecified atom stereocenters. The lowest BCUT2D eigenvalue weighted by Crippen LogP contribution is -2.42. The SMILES string of the molecule is CC1(C2N=C(n3c4ccccc4c4cc5ccccc5cc43)c3sc4ccccc4c3N2)C=Cc2oc3ccccc3c2C1. The summed E-state index contributed by atoms with van der Waals surface area (Å²) in [4.78, 5) is 6.85. The predicted molar refractivity (Wildman–Crippen MR) is 185 cm³/mol. The second-order valence-corrected chi connectivity index (χ2v) is 13.4. The third kappa shape index (κ3) is 3.30. The van der Waals surface area contributed by atoms with Crippen molar-refractivity contribution < 1.29 is 4.42 Å². The van der Waals surface area contributed by atoms with E-state index in [0.717, 1.165) is 23.6 Å². The molecule has 0 radical (unpaired) electrons. The topological polar surface area (TPSA) is 42.5 Å². The van der Waals surface area contributed by atoms with Crippen LogP contribution in [0.25, 0.3) is 59.7 Å². The van der Waals surface area contributed by atoms with Crippen LogP contribution in [0.2, 0.25) is 0 Å². The van der Waals surface area contributed by atoms with Crippen molar-refractivity contribution in [1.82, 2.24) is 4.57 Å². The van der Waals surface area contributed by atoms with E-state index < -0.39 is 0 Å². The summed E-state index contributed by atoms with van der Waals surface area (Å²) in [6.07, 6.45) is 5.11. The number of nitrogens with zero attached hydrogens (tertiary/aromatic N) is 2. The van der Waals surface area contributed by atoms with Gasteiger partial charge in [0, 0.05) is 37.2 Å². The number of para-hydroxylation sites is 2. The molecule has 3 aromatic heterocycles. The zero-order valence-electron chi connectivity index (χ0n) is 24.0. The molecule has 5 heteroatoms. The largest absolute Gasteiger partial charge is 0.456 e. The van der Waals surface area contributed by atoms with E-state index in [-0.39, 0.29) is 11.6 Å². The minimum atomic E-state index is -0.281. The van der Waals surface area contributed by atoms with Crippen molar-refractivity contribution in [3.05, 3.63) is 131 Å². The first-order chi connectivity index (χ1) is 21.6. The van der Waals surface area contributed by atoms with Crippen LogP contribution < -0.4 is 5.32 Å². The Hall–Kier alpha value is -5.13. The van der Waals surface area contributed by atoms with Gasteiger partial charge in [0.25, 0.3) is 0 Å². The number of furan rings is 1. The highest BCUT2D eigenvalue weighted by atomic mass is 32.1. The Morgan fingerprint density at radius 3 is 2.41 bits per heavy atom. The Balaban J connectivity index is 1.24. The number of aromatic nitrogens is 1. The maximum absolute atomic E-state index is 6.24. The van der Waals surface area contributed by atoms with E-state index in [9.17, 15) is 0 Å². The van der Waals surface area contributed by atoms with Crippen LogP contribution in [0.1, 0.15) is 23.1 Å². The zero-order chi connectivity index (χ0) is 29.0. The van der Waals surface area contributed by atoms with Crippen LogP contribution >= 0.6 is 11.3 Å². The second kappa shape index (κ2) is 8.71. The van der Waals surface area contributed by atoms with Gasteiger partial charge in [-0.15, -0.1) is 11.3 Å². The third-order valence-corrected chi connectivity index (χ3v) is 10.8. The van der Waals surface area contributed by atoms with Gasteiger partial charge in [0.2, 0.25) is 0 Å². The highest BCUT2D eigenvalue weighted by Crippen LogP contribution is 2.47. The van der Waals surface area contributed by atoms with E-state index in [0.29, 0.717) is 0 Å². The molecule has 0 saturated heterocycles. The van der Waals surface area contributed by atoms with Gasteiger partial charge in [-0.05, 0) is 53.6 Å². The normalized spacial score (nSPS) is 19.5. The Morgan fingerprint density at radius 1 is 0.795 bits per heavy atom. The van der Waals surface area contributed by atoms with E-state index in [1.165, 1.54) is 64.2 Å². The van der Waals surface area contributed by atoms with Crippen LogP contribution in [0.4, 0.5) is 5.69 Å². The van der Waals surface area contributed by atoms with Crippen molar-refractivity contribution >= 4 is 82.6 Å². The summed E-state index contributed by atoms with van der Waals surface area (Å²) in [6.45, 7) is 2.33. The van der Waals surface area contributed by atoms with Crippen LogP contribution in [0.15, 0.2) is 125 Å². The number of hydrogen-bond donors (Lipinski definition) is 1. The highest BCUT2D eigenvalue weighted by molar-refractivity contribution is 7.21. The molecule has 0 fully saturated rings. The fourth-order valence-electron chi connectivity index (χ4n) is 7.38. The van der Waals surface area contributed by atoms with Gasteiger partial charge >= 0.3 is 0 Å². The molecule has 210 valence electrons. The number of anilines is 1. The standard InChI is InChI=1S/C39H27N3OS/c1-39(19-18-33-29(22-39)26-13-5-8-16-32(26)43-33)38-40-35-27-14-6-9-17-34(27)44-36(35)37(41-38)42-30-15-7-4-12-25(30)28-20-23-10-2-3-11-24(23)21-31(28)42/h2-21,38,40H,22H2,1H3. The summed E-state index contributed by atoms with van der Waals surface area (Å²) in [6, 6.07) is 39.2. The van der Waals surface area contributed by atoms with E-state index >= 15 is 0 Å². The average Bonchev–Trinajstić information content (AvgIpc) is 3.72. The summed E-state index contributed by atoms with van der Waals surface area (Å²) in [5.41, 5.74) is 5.44. The number of fused-ring (bicyclic) bond motifs is 10. The first kappa shape index (κ1) is 24.3. The number of nitrogens with one attached hydrogen (secondary N) is 1. The average molecular weight is 586 g/mol. The van der Waals surface area contributed by atoms with E-state index in [4.69, 9.17) is 9.41 Å². The Morgan fingerprint density at radius 2 is 1.52 bits per heavy atom. The van der Waals surface area contributed by atoms with Crippen LogP contribution in [-0.4, -0.2) is 16.6 Å². The molecule has 2 atom stereocenters. The lowest BCUT2D eigenvalue weighted by atomic mass is 9.76. The quantitative estimate of drug-likeness (QED) is 0.208. The van der Waals surface area contributed by atoms with E-state index in [2.05, 4.69) is 132 Å². The van der Waals surface area contributed by atoms with Crippen molar-refractivity contribution in [1.29, 1.82) is 0 Å². The summed E-state index contributed by atoms with van der Waals surface area (Å²) in [7, 11) is 0. The van der Waals surface area contributed by atoms with Crippen LogP contribution in [0.5, 0.6) is 0 Å². The third-order valence-electron chi connectivity index (χ3n) is 9.61. The van der Waals surface area contributed by atoms with Crippen LogP contribution in [0, 0.1) is 5.41 Å². The summed E-state index contributed by atoms with van der Waals surface area (Å²) in [5.74, 6) is 1.96. The van der Waals surface area contributed by atoms with Gasteiger partial charge in [-0.2, -0.15) is 0 Å². The fraction of sp³-hybridized carbons (Fsp3) is 0.103. The van der Waals surface area contributed by atoms with Gasteiger partial charge in [0.05, 0.1) is 21.6 Å². The molecule has 5 aromatic carbocycles. The number of aliphatic imine (C=N–C) groups is 1. The smallest absolute Gasteiger partial charge is 0.154 e. The first-order valence-electron chi connectivity index (χ1n) is 15.1. The van der Waals surface area contributed by atoms with Crippen molar-refractivity contribution in [2.75, 3.05) is 5.32 Å². The van der Waals surface area contributed by atoms with Gasteiger partial charge in [-0.25, -0.2) is 4.99 Å². The van der Waals surface area contributed by atoms with Gasteiger partial charge in [-0.1, -0.05) is 91.9 Å². The predicted octanol–water partition coefficient (Wildman–Crippen LogP) is 10.2. The fourth-order valence-corrected chi connectivity index (χ4v) is 8.53. The van der Waals surface area contributed by atoms with Crippen molar-refractivity contribution in [2.24, 2.45) is 10.4 Å². The summed E-state index contributed by atoms with van der Waals surface area (Å²) < 4.78 is 9.91. The number of rotatable bonds is 1. The second-order valence-electron chi connectivity index (χ2n) is 12.3. The Labute approximate surface area is 257 Å². The number of thiophene rings is 1. The molecule has 1 aliphatic heterocycles. The van der Waals surface area contributed by atoms with Gasteiger partial charge in [0.15, 0.2) is 5.84 Å². The molecule has 4 nitrogen and oxygen atoms in total. The lowest BCUT2D eigenvalue weighted by Gasteiger charge is -2.38. The molecule has 4 heterocycles. The van der Waals surface area contributed by atoms with Crippen LogP contribution in [-0.2, 0) is 6.42 Å². The Kier molecular flexibility index (Phi) is 4.82. The maximum atomic E-state index is 6.24. The van der Waals surface area contributed by atoms with E-state index in [1.807, 2.05) is 17.4 Å². The van der Waals surface area contributed by atoms with Crippen molar-refractivity contribution in [3.63, 3.8) is 0 Å². The van der Waals surface area contributed by atoms with Gasteiger partial charge in [0.1, 0.15) is 17.5 Å². The molecule has 2 aliphatic rings. The van der Waals surface area contributed by atoms with Gasteiger partial charge < -0.3 is 9.73 Å². The molecule has 0 saturated carbocycles. The molecular weight excluding hydrogens is 559 g/mol. The van der Waals surface area contributed by atoms with Crippen LogP contribution in [0.3, 0.4) is 0 Å². The van der Waals surface area contributed by atoms with Gasteiger partial charge in [-0.3, -0.25) is 4.57 Å². The minimum absolute atomic E-state index is 0.183. The number of hydrogen-bond acceptors (Lipinski definition) is 4. The van der Waals surface area contributed by atoms with Crippen molar-refractivity contribution in [3.8, 4) is 0 Å². The Bertz CT molecular complexity index is 2540. The molecular formula is C39H27N3OS. The number of benzene rings is 5. The first-order valence-corrected chi connectivity index (χ1v) is 15.9. The molecule has 8 aromatic rings. The van der Waals surface area contributed by atoms with Crippen molar-refractivity contribution in [2.45, 2.75) is 19.5 Å². The highest BCUT2D eigenvalue weighted by Gasteiger charge is 2.40. The monoisotopic (exact) mass is 585 g/mol.